The van der Waals surface area contributed by atoms with Gasteiger partial charge in [0.15, 0.2) is 5.82 Å². The lowest BCUT2D eigenvalue weighted by Gasteiger charge is -2.00. The lowest BCUT2D eigenvalue weighted by Crippen LogP contribution is -2.11. The number of amides is 1. The van der Waals surface area contributed by atoms with Crippen molar-refractivity contribution in [2.45, 2.75) is 0 Å². The van der Waals surface area contributed by atoms with Gasteiger partial charge >= 0.3 is 0 Å². The molecule has 1 amide bonds. The number of aromatic hydroxyl groups is 1. The molecule has 3 rings (SSSR count). The van der Waals surface area contributed by atoms with Crippen LogP contribution in [-0.4, -0.2) is 20.4 Å². The van der Waals surface area contributed by atoms with Crippen molar-refractivity contribution in [2.24, 2.45) is 0 Å². The monoisotopic (exact) mass is 297 g/mol. The summed E-state index contributed by atoms with van der Waals surface area (Å²) in [5, 5.41) is 12.9. The largest absolute Gasteiger partial charge is 0.507 e. The molecule has 0 fully saturated rings. The molecule has 1 aromatic heterocycles. The number of aromatic nitrogens is 2. The van der Waals surface area contributed by atoms with Gasteiger partial charge in [-0.1, -0.05) is 30.3 Å². The van der Waals surface area contributed by atoms with E-state index in [-0.39, 0.29) is 11.7 Å². The minimum atomic E-state index is -0.240. The standard InChI is InChI=1S/C15H11N3O2S/c19-12-9-5-4-8-11(12)13-16-15(21-18-13)17-14(20)10-6-2-1-3-7-10/h1-9,19H,(H,16,17,18,20). The number of anilines is 1. The van der Waals surface area contributed by atoms with E-state index >= 15 is 0 Å². The molecule has 0 bridgehead atoms. The van der Waals surface area contributed by atoms with Crippen LogP contribution in [-0.2, 0) is 0 Å². The molecular formula is C15H11N3O2S. The van der Waals surface area contributed by atoms with Crippen molar-refractivity contribution in [3.05, 3.63) is 60.2 Å². The highest BCUT2D eigenvalue weighted by Gasteiger charge is 2.12. The van der Waals surface area contributed by atoms with Gasteiger partial charge in [0.1, 0.15) is 5.75 Å². The SMILES string of the molecule is O=C(Nc1nc(-c2ccccc2O)ns1)c1ccccc1. The quantitative estimate of drug-likeness (QED) is 0.778. The average molecular weight is 297 g/mol. The number of carbonyl (C=O) groups excluding carboxylic acids is 1. The minimum Gasteiger partial charge on any atom is -0.507 e. The predicted octanol–water partition coefficient (Wildman–Crippen LogP) is 3.16. The molecule has 6 heteroatoms. The fourth-order valence-electron chi connectivity index (χ4n) is 1.81. The summed E-state index contributed by atoms with van der Waals surface area (Å²) in [6.07, 6.45) is 0. The summed E-state index contributed by atoms with van der Waals surface area (Å²) >= 11 is 1.07. The maximum atomic E-state index is 12.0. The minimum absolute atomic E-state index is 0.108. The first-order chi connectivity index (χ1) is 10.2. The molecular weight excluding hydrogens is 286 g/mol. The molecule has 21 heavy (non-hydrogen) atoms. The highest BCUT2D eigenvalue weighted by Crippen LogP contribution is 2.28. The Morgan fingerprint density at radius 3 is 2.52 bits per heavy atom. The number of carbonyl (C=O) groups is 1. The first-order valence-corrected chi connectivity index (χ1v) is 7.00. The van der Waals surface area contributed by atoms with E-state index in [1.54, 1.807) is 48.5 Å². The van der Waals surface area contributed by atoms with Gasteiger partial charge in [0.2, 0.25) is 5.13 Å². The normalized spacial score (nSPS) is 10.3. The first-order valence-electron chi connectivity index (χ1n) is 6.22. The molecule has 0 saturated heterocycles. The summed E-state index contributed by atoms with van der Waals surface area (Å²) in [4.78, 5) is 16.2. The summed E-state index contributed by atoms with van der Waals surface area (Å²) in [7, 11) is 0. The summed E-state index contributed by atoms with van der Waals surface area (Å²) in [6.45, 7) is 0. The van der Waals surface area contributed by atoms with E-state index < -0.39 is 0 Å². The smallest absolute Gasteiger partial charge is 0.257 e. The van der Waals surface area contributed by atoms with Crippen LogP contribution in [0.3, 0.4) is 0 Å². The number of hydrogen-bond acceptors (Lipinski definition) is 5. The van der Waals surface area contributed by atoms with Gasteiger partial charge in [0.25, 0.3) is 5.91 Å². The van der Waals surface area contributed by atoms with E-state index in [1.165, 1.54) is 0 Å². The van der Waals surface area contributed by atoms with E-state index in [1.807, 2.05) is 6.07 Å². The molecule has 3 aromatic rings. The van der Waals surface area contributed by atoms with Gasteiger partial charge in [-0.2, -0.15) is 9.36 Å². The first kappa shape index (κ1) is 13.3. The van der Waals surface area contributed by atoms with Crippen molar-refractivity contribution in [1.82, 2.24) is 9.36 Å². The molecule has 0 aliphatic carbocycles. The van der Waals surface area contributed by atoms with Crippen LogP contribution in [0.2, 0.25) is 0 Å². The molecule has 104 valence electrons. The zero-order chi connectivity index (χ0) is 14.7. The van der Waals surface area contributed by atoms with Crippen LogP contribution in [0.4, 0.5) is 5.13 Å². The number of phenolic OH excluding ortho intramolecular Hbond substituents is 1. The number of rotatable bonds is 3. The van der Waals surface area contributed by atoms with Crippen molar-refractivity contribution in [2.75, 3.05) is 5.32 Å². The van der Waals surface area contributed by atoms with Crippen molar-refractivity contribution < 1.29 is 9.90 Å². The zero-order valence-electron chi connectivity index (χ0n) is 10.9. The van der Waals surface area contributed by atoms with E-state index in [9.17, 15) is 9.90 Å². The van der Waals surface area contributed by atoms with E-state index in [0.29, 0.717) is 22.1 Å². The van der Waals surface area contributed by atoms with Gasteiger partial charge in [-0.25, -0.2) is 0 Å². The van der Waals surface area contributed by atoms with E-state index in [2.05, 4.69) is 14.7 Å². The topological polar surface area (TPSA) is 75.1 Å². The maximum Gasteiger partial charge on any atom is 0.257 e. The van der Waals surface area contributed by atoms with Gasteiger partial charge in [0, 0.05) is 17.1 Å². The molecule has 0 unspecified atom stereocenters. The van der Waals surface area contributed by atoms with Crippen LogP contribution in [0.1, 0.15) is 10.4 Å². The van der Waals surface area contributed by atoms with E-state index in [4.69, 9.17) is 0 Å². The third-order valence-electron chi connectivity index (χ3n) is 2.83. The van der Waals surface area contributed by atoms with Crippen molar-refractivity contribution in [3.8, 4) is 17.1 Å². The average Bonchev–Trinajstić information content (AvgIpc) is 2.97. The fourth-order valence-corrected chi connectivity index (χ4v) is 2.38. The zero-order valence-corrected chi connectivity index (χ0v) is 11.7. The Kier molecular flexibility index (Phi) is 3.61. The summed E-state index contributed by atoms with van der Waals surface area (Å²) in [5.41, 5.74) is 1.09. The number of phenols is 1. The van der Waals surface area contributed by atoms with Crippen LogP contribution in [0.5, 0.6) is 5.75 Å². The lowest BCUT2D eigenvalue weighted by atomic mass is 10.2. The highest BCUT2D eigenvalue weighted by atomic mass is 32.1. The maximum absolute atomic E-state index is 12.0. The Bertz CT molecular complexity index is 771. The molecule has 0 aliphatic heterocycles. The van der Waals surface area contributed by atoms with Crippen LogP contribution >= 0.6 is 11.5 Å². The van der Waals surface area contributed by atoms with Crippen molar-refractivity contribution in [3.63, 3.8) is 0 Å². The highest BCUT2D eigenvalue weighted by molar-refractivity contribution is 7.10. The Balaban J connectivity index is 1.80. The summed E-state index contributed by atoms with van der Waals surface area (Å²) in [5.74, 6) is 0.258. The van der Waals surface area contributed by atoms with E-state index in [0.717, 1.165) is 11.5 Å². The van der Waals surface area contributed by atoms with Gasteiger partial charge < -0.3 is 5.11 Å². The van der Waals surface area contributed by atoms with Crippen LogP contribution in [0, 0.1) is 0 Å². The number of hydrogen-bond donors (Lipinski definition) is 2. The van der Waals surface area contributed by atoms with Crippen LogP contribution in [0.25, 0.3) is 11.4 Å². The van der Waals surface area contributed by atoms with Crippen molar-refractivity contribution >= 4 is 22.6 Å². The predicted molar refractivity (Wildman–Crippen MR) is 81.4 cm³/mol. The Morgan fingerprint density at radius 2 is 1.76 bits per heavy atom. The number of nitrogens with one attached hydrogen (secondary N) is 1. The number of benzene rings is 2. The number of nitrogens with zero attached hydrogens (tertiary/aromatic N) is 2. The van der Waals surface area contributed by atoms with Crippen molar-refractivity contribution in [1.29, 1.82) is 0 Å². The molecule has 0 aliphatic rings. The second kappa shape index (κ2) is 5.72. The molecule has 5 nitrogen and oxygen atoms in total. The summed E-state index contributed by atoms with van der Waals surface area (Å²) < 4.78 is 4.15. The van der Waals surface area contributed by atoms with Crippen LogP contribution in [0.15, 0.2) is 54.6 Å². The molecule has 1 heterocycles. The Labute approximate surface area is 125 Å². The number of para-hydroxylation sites is 1. The Morgan fingerprint density at radius 1 is 1.05 bits per heavy atom. The second-order valence-corrected chi connectivity index (χ2v) is 5.01. The third-order valence-corrected chi connectivity index (χ3v) is 3.46. The lowest BCUT2D eigenvalue weighted by molar-refractivity contribution is 0.102. The van der Waals surface area contributed by atoms with Gasteiger partial charge in [0.05, 0.1) is 5.56 Å². The molecule has 2 aromatic carbocycles. The second-order valence-electron chi connectivity index (χ2n) is 4.26. The molecule has 2 N–H and O–H groups in total. The summed E-state index contributed by atoms with van der Waals surface area (Å²) in [6, 6.07) is 15.7. The van der Waals surface area contributed by atoms with Gasteiger partial charge in [-0.05, 0) is 24.3 Å². The molecule has 0 atom stereocenters. The molecule has 0 spiro atoms. The third kappa shape index (κ3) is 2.90. The molecule has 0 radical (unpaired) electrons. The van der Waals surface area contributed by atoms with Gasteiger partial charge in [-0.3, -0.25) is 10.1 Å². The Hall–Kier alpha value is -2.73. The van der Waals surface area contributed by atoms with Crippen LogP contribution < -0.4 is 5.32 Å². The molecule has 0 saturated carbocycles. The van der Waals surface area contributed by atoms with Gasteiger partial charge in [-0.15, -0.1) is 0 Å². The fraction of sp³-hybridized carbons (Fsp3) is 0.